The lowest BCUT2D eigenvalue weighted by atomic mass is 10.00. The number of carboxylic acids is 1. The minimum Gasteiger partial charge on any atom is -0.480 e. The smallest absolute Gasteiger partial charge is 0.328 e. The Hall–Kier alpha value is -4.36. The molecule has 7 unspecified atom stereocenters. The number of amides is 7. The predicted molar refractivity (Wildman–Crippen MR) is 218 cm³/mol. The van der Waals surface area contributed by atoms with E-state index in [0.717, 1.165) is 0 Å². The molecule has 0 aliphatic carbocycles. The number of nitrogens with one attached hydrogen (secondary N) is 7. The molecule has 0 aromatic heterocycles. The third-order valence-electron chi connectivity index (χ3n) is 9.12. The zero-order valence-corrected chi connectivity index (χ0v) is 36.3. The molecular weight excluding hydrogens is 754 g/mol. The molecule has 0 radical (unpaired) electrons. The van der Waals surface area contributed by atoms with Crippen LogP contribution in [0, 0.1) is 23.7 Å². The first-order valence-electron chi connectivity index (χ1n) is 20.3. The lowest BCUT2D eigenvalue weighted by Gasteiger charge is -2.28. The van der Waals surface area contributed by atoms with E-state index in [0.29, 0.717) is 32.2 Å². The molecule has 13 N–H and O–H groups in total. The number of aliphatic hydroxyl groups is 1. The van der Waals surface area contributed by atoms with Gasteiger partial charge < -0.3 is 58.9 Å². The van der Waals surface area contributed by atoms with Crippen LogP contribution in [0.5, 0.6) is 0 Å². The first kappa shape index (κ1) is 53.6. The second-order valence-corrected chi connectivity index (χ2v) is 16.7. The zero-order chi connectivity index (χ0) is 45.0. The Labute approximate surface area is 343 Å². The Bertz CT molecular complexity index is 1370. The number of carbonyl (C=O) groups is 8. The highest BCUT2D eigenvalue weighted by Gasteiger charge is 2.34. The average Bonchev–Trinajstić information content (AvgIpc) is 3.10. The molecule has 0 saturated heterocycles. The number of aliphatic hydroxyl groups excluding tert-OH is 1. The van der Waals surface area contributed by atoms with Gasteiger partial charge in [0.1, 0.15) is 36.3 Å². The minimum atomic E-state index is -1.63. The van der Waals surface area contributed by atoms with E-state index in [9.17, 15) is 48.6 Å². The molecule has 0 aromatic rings. The third-order valence-corrected chi connectivity index (χ3v) is 9.12. The SMILES string of the molecule is CC(C)CC(N)C(=O)NC(CC(C)C)C(=O)NC(C)C(=O)NC(C(=O)NC(C)C(=O)NC(CC(C)C)C(=O)NC(CCCCN)C(=O)N[C@@H](C(=O)O)[C@H](C)O)C(C)C. The van der Waals surface area contributed by atoms with Crippen LogP contribution < -0.4 is 48.7 Å². The molecule has 0 fully saturated rings. The fourth-order valence-electron chi connectivity index (χ4n) is 5.83. The Morgan fingerprint density at radius 1 is 0.483 bits per heavy atom. The normalized spacial score (nSPS) is 16.2. The van der Waals surface area contributed by atoms with Crippen molar-refractivity contribution >= 4 is 47.3 Å². The van der Waals surface area contributed by atoms with Crippen molar-refractivity contribution in [1.29, 1.82) is 0 Å². The third kappa shape index (κ3) is 20.4. The second kappa shape index (κ2) is 26.6. The van der Waals surface area contributed by atoms with Gasteiger partial charge in [0.25, 0.3) is 0 Å². The highest BCUT2D eigenvalue weighted by Crippen LogP contribution is 2.11. The fourth-order valence-corrected chi connectivity index (χ4v) is 5.83. The predicted octanol–water partition coefficient (Wildman–Crippen LogP) is -0.864. The first-order valence-corrected chi connectivity index (χ1v) is 20.3. The summed E-state index contributed by atoms with van der Waals surface area (Å²) in [6, 6.07) is -9.21. The number of hydrogen-bond acceptors (Lipinski definition) is 11. The first-order chi connectivity index (χ1) is 26.8. The fraction of sp³-hybridized carbons (Fsp3) is 0.795. The number of carbonyl (C=O) groups excluding carboxylic acids is 7. The van der Waals surface area contributed by atoms with Gasteiger partial charge in [0.2, 0.25) is 41.4 Å². The minimum absolute atomic E-state index is 0.0228. The molecule has 334 valence electrons. The van der Waals surface area contributed by atoms with Gasteiger partial charge in [-0.15, -0.1) is 0 Å². The van der Waals surface area contributed by atoms with Crippen LogP contribution in [0.25, 0.3) is 0 Å². The van der Waals surface area contributed by atoms with Crippen molar-refractivity contribution in [3.8, 4) is 0 Å². The lowest BCUT2D eigenvalue weighted by molar-refractivity contribution is -0.145. The van der Waals surface area contributed by atoms with Crippen LogP contribution in [-0.2, 0) is 38.4 Å². The Morgan fingerprint density at radius 2 is 0.879 bits per heavy atom. The molecule has 19 heteroatoms. The van der Waals surface area contributed by atoms with E-state index in [1.807, 2.05) is 41.5 Å². The van der Waals surface area contributed by atoms with E-state index >= 15 is 0 Å². The molecule has 0 aliphatic heterocycles. The summed E-state index contributed by atoms with van der Waals surface area (Å²) >= 11 is 0. The highest BCUT2D eigenvalue weighted by atomic mass is 16.4. The topological polar surface area (TPSA) is 313 Å². The number of hydrogen-bond donors (Lipinski definition) is 11. The van der Waals surface area contributed by atoms with E-state index in [-0.39, 0.29) is 30.6 Å². The van der Waals surface area contributed by atoms with Gasteiger partial charge in [-0.25, -0.2) is 4.79 Å². The van der Waals surface area contributed by atoms with Crippen LogP contribution in [0.4, 0.5) is 0 Å². The van der Waals surface area contributed by atoms with Crippen molar-refractivity contribution in [2.24, 2.45) is 35.1 Å². The number of rotatable bonds is 27. The standard InChI is InChI=1S/C39H73N9O10/c1-19(2)16-26(41)34(52)46-28(17-20(3)4)36(54)42-24(10)33(51)47-30(22(7)8)38(56)43-23(9)32(50)45-29(18-21(5)6)37(55)44-27(14-12-13-15-40)35(53)48-31(25(11)49)39(57)58/h19-31,49H,12-18,40-41H2,1-11H3,(H,42,54)(H,43,56)(H,44,55)(H,45,50)(H,46,52)(H,47,51)(H,48,53)(H,57,58)/t23?,24?,25-,26?,27?,28?,29?,30?,31+/m0/s1. The second-order valence-electron chi connectivity index (χ2n) is 16.7. The summed E-state index contributed by atoms with van der Waals surface area (Å²) in [4.78, 5) is 104. The summed E-state index contributed by atoms with van der Waals surface area (Å²) in [7, 11) is 0. The molecule has 0 aromatic carbocycles. The summed E-state index contributed by atoms with van der Waals surface area (Å²) in [5.74, 6) is -6.63. The largest absolute Gasteiger partial charge is 0.480 e. The number of aliphatic carboxylic acids is 1. The Kier molecular flexibility index (Phi) is 24.6. The van der Waals surface area contributed by atoms with Gasteiger partial charge in [-0.1, -0.05) is 55.4 Å². The van der Waals surface area contributed by atoms with Crippen molar-refractivity contribution < 1.29 is 48.6 Å². The van der Waals surface area contributed by atoms with E-state index in [4.69, 9.17) is 11.5 Å². The van der Waals surface area contributed by atoms with Gasteiger partial charge in [-0.05, 0) is 89.5 Å². The van der Waals surface area contributed by atoms with Crippen LogP contribution >= 0.6 is 0 Å². The van der Waals surface area contributed by atoms with Crippen molar-refractivity contribution in [2.75, 3.05) is 6.54 Å². The molecule has 0 aliphatic rings. The summed E-state index contributed by atoms with van der Waals surface area (Å²) in [6.07, 6.45) is 0.456. The molecule has 0 rings (SSSR count). The van der Waals surface area contributed by atoms with Crippen LogP contribution in [0.15, 0.2) is 0 Å². The van der Waals surface area contributed by atoms with Crippen molar-refractivity contribution in [3.05, 3.63) is 0 Å². The van der Waals surface area contributed by atoms with Crippen molar-refractivity contribution in [3.63, 3.8) is 0 Å². The average molecular weight is 828 g/mol. The van der Waals surface area contributed by atoms with Gasteiger partial charge in [0, 0.05) is 0 Å². The van der Waals surface area contributed by atoms with Crippen LogP contribution in [-0.4, -0.2) is 119 Å². The van der Waals surface area contributed by atoms with Gasteiger partial charge >= 0.3 is 5.97 Å². The number of nitrogens with two attached hydrogens (primary N) is 2. The molecule has 7 amide bonds. The Morgan fingerprint density at radius 3 is 1.31 bits per heavy atom. The van der Waals surface area contributed by atoms with Gasteiger partial charge in [-0.2, -0.15) is 0 Å². The lowest BCUT2D eigenvalue weighted by Crippen LogP contribution is -2.60. The number of carboxylic acid groups (broad SMARTS) is 1. The van der Waals surface area contributed by atoms with Crippen LogP contribution in [0.2, 0.25) is 0 Å². The quantitative estimate of drug-likeness (QED) is 0.0451. The van der Waals surface area contributed by atoms with E-state index in [1.54, 1.807) is 13.8 Å². The maximum atomic E-state index is 13.5. The molecule has 0 spiro atoms. The monoisotopic (exact) mass is 828 g/mol. The molecule has 0 bridgehead atoms. The van der Waals surface area contributed by atoms with Gasteiger partial charge in [-0.3, -0.25) is 33.6 Å². The summed E-state index contributed by atoms with van der Waals surface area (Å²) in [5, 5.41) is 37.2. The van der Waals surface area contributed by atoms with Crippen LogP contribution in [0.3, 0.4) is 0 Å². The summed E-state index contributed by atoms with van der Waals surface area (Å²) < 4.78 is 0. The molecule has 9 atom stereocenters. The van der Waals surface area contributed by atoms with E-state index in [1.165, 1.54) is 20.8 Å². The molecule has 0 saturated carbocycles. The highest BCUT2D eigenvalue weighted by molar-refractivity contribution is 5.97. The number of unbranched alkanes of at least 4 members (excludes halogenated alkanes) is 1. The van der Waals surface area contributed by atoms with Crippen LogP contribution in [0.1, 0.15) is 115 Å². The van der Waals surface area contributed by atoms with Gasteiger partial charge in [0.05, 0.1) is 12.1 Å². The zero-order valence-electron chi connectivity index (χ0n) is 36.3. The molecular formula is C39H73N9O10. The van der Waals surface area contributed by atoms with E-state index < -0.39 is 108 Å². The molecule has 19 nitrogen and oxygen atoms in total. The maximum absolute atomic E-state index is 13.5. The maximum Gasteiger partial charge on any atom is 0.328 e. The molecule has 58 heavy (non-hydrogen) atoms. The van der Waals surface area contributed by atoms with E-state index in [2.05, 4.69) is 37.2 Å². The molecule has 0 heterocycles. The Balaban J connectivity index is 5.82. The van der Waals surface area contributed by atoms with Crippen molar-refractivity contribution in [1.82, 2.24) is 37.2 Å². The van der Waals surface area contributed by atoms with Gasteiger partial charge in [0.15, 0.2) is 6.04 Å². The van der Waals surface area contributed by atoms with Crippen molar-refractivity contribution in [2.45, 2.75) is 169 Å². The summed E-state index contributed by atoms with van der Waals surface area (Å²) in [5.41, 5.74) is 11.6. The summed E-state index contributed by atoms with van der Waals surface area (Å²) in [6.45, 7) is 18.9.